The maximum Gasteiger partial charge on any atom is 0.131 e. The van der Waals surface area contributed by atoms with Crippen LogP contribution in [0.25, 0.3) is 22.5 Å². The fourth-order valence-electron chi connectivity index (χ4n) is 2.17. The maximum atomic E-state index is 13.3. The molecule has 6 heteroatoms. The first kappa shape index (κ1) is 14.0. The molecule has 21 heavy (non-hydrogen) atoms. The number of rotatable bonds is 2. The molecule has 0 spiro atoms. The van der Waals surface area contributed by atoms with E-state index in [2.05, 4.69) is 32.7 Å². The van der Waals surface area contributed by atoms with Crippen LogP contribution in [0.15, 0.2) is 42.6 Å². The smallest absolute Gasteiger partial charge is 0.131 e. The highest BCUT2D eigenvalue weighted by molar-refractivity contribution is 14.1. The normalized spacial score (nSPS) is 10.8. The van der Waals surface area contributed by atoms with E-state index in [1.54, 1.807) is 24.0 Å². The molecule has 0 bridgehead atoms. The van der Waals surface area contributed by atoms with E-state index in [0.717, 1.165) is 20.4 Å². The molecule has 0 saturated heterocycles. The summed E-state index contributed by atoms with van der Waals surface area (Å²) in [6.07, 6.45) is 1.71. The van der Waals surface area contributed by atoms with Crippen LogP contribution < -0.4 is 5.73 Å². The van der Waals surface area contributed by atoms with Crippen molar-refractivity contribution in [2.24, 2.45) is 7.05 Å². The number of nitrogens with two attached hydrogens (primary N) is 1. The lowest BCUT2D eigenvalue weighted by atomic mass is 10.0. The topological polar surface area (TPSA) is 56.7 Å². The van der Waals surface area contributed by atoms with E-state index in [1.807, 2.05) is 18.2 Å². The van der Waals surface area contributed by atoms with Gasteiger partial charge in [-0.15, -0.1) is 0 Å². The number of aromatic nitrogens is 3. The van der Waals surface area contributed by atoms with Crippen LogP contribution in [0.2, 0.25) is 0 Å². The van der Waals surface area contributed by atoms with Crippen LogP contribution in [0, 0.1) is 9.39 Å². The van der Waals surface area contributed by atoms with Crippen LogP contribution in [0.3, 0.4) is 0 Å². The minimum Gasteiger partial charge on any atom is -0.383 e. The summed E-state index contributed by atoms with van der Waals surface area (Å²) < 4.78 is 15.7. The Balaban J connectivity index is 2.27. The average molecular weight is 394 g/mol. The monoisotopic (exact) mass is 394 g/mol. The van der Waals surface area contributed by atoms with Crippen molar-refractivity contribution in [2.45, 2.75) is 0 Å². The second-order valence-corrected chi connectivity index (χ2v) is 5.73. The molecule has 0 aliphatic rings. The Morgan fingerprint density at radius 1 is 1.24 bits per heavy atom. The van der Waals surface area contributed by atoms with E-state index in [4.69, 9.17) is 5.73 Å². The van der Waals surface area contributed by atoms with Gasteiger partial charge in [-0.3, -0.25) is 9.67 Å². The highest BCUT2D eigenvalue weighted by Crippen LogP contribution is 2.36. The van der Waals surface area contributed by atoms with Crippen LogP contribution in [-0.4, -0.2) is 14.8 Å². The van der Waals surface area contributed by atoms with Gasteiger partial charge in [0.1, 0.15) is 17.3 Å². The molecule has 0 aliphatic carbocycles. The number of hydrogen-bond acceptors (Lipinski definition) is 3. The number of nitrogen functional groups attached to an aromatic ring is 1. The van der Waals surface area contributed by atoms with E-state index in [9.17, 15) is 4.39 Å². The molecule has 0 atom stereocenters. The molecule has 0 amide bonds. The fraction of sp³-hybridized carbons (Fsp3) is 0.0667. The van der Waals surface area contributed by atoms with Gasteiger partial charge in [0.05, 0.1) is 11.3 Å². The highest BCUT2D eigenvalue weighted by Gasteiger charge is 2.20. The molecule has 1 aromatic carbocycles. The molecule has 2 heterocycles. The van der Waals surface area contributed by atoms with Crippen molar-refractivity contribution in [3.63, 3.8) is 0 Å². The number of pyridine rings is 1. The molecule has 3 aromatic rings. The Hall–Kier alpha value is -1.96. The fourth-order valence-corrected chi connectivity index (χ4v) is 2.90. The van der Waals surface area contributed by atoms with Crippen molar-refractivity contribution >= 4 is 28.4 Å². The Labute approximate surface area is 135 Å². The molecule has 0 unspecified atom stereocenters. The average Bonchev–Trinajstić information content (AvgIpc) is 2.75. The van der Waals surface area contributed by atoms with Gasteiger partial charge in [0.2, 0.25) is 0 Å². The summed E-state index contributed by atoms with van der Waals surface area (Å²) >= 11 is 2.10. The molecule has 0 aliphatic heterocycles. The predicted molar refractivity (Wildman–Crippen MR) is 89.0 cm³/mol. The zero-order valence-corrected chi connectivity index (χ0v) is 13.4. The van der Waals surface area contributed by atoms with E-state index < -0.39 is 0 Å². The molecule has 0 radical (unpaired) electrons. The lowest BCUT2D eigenvalue weighted by molar-refractivity contribution is 0.627. The maximum absolute atomic E-state index is 13.3. The molecule has 106 valence electrons. The largest absolute Gasteiger partial charge is 0.383 e. The number of benzene rings is 1. The summed E-state index contributed by atoms with van der Waals surface area (Å²) in [7, 11) is 1.78. The van der Waals surface area contributed by atoms with Crippen molar-refractivity contribution < 1.29 is 4.39 Å². The van der Waals surface area contributed by atoms with Crippen LogP contribution in [-0.2, 0) is 7.05 Å². The van der Waals surface area contributed by atoms with Gasteiger partial charge in [-0.25, -0.2) is 4.39 Å². The predicted octanol–water partition coefficient (Wildman–Crippen LogP) is 3.48. The molecule has 2 aromatic heterocycles. The van der Waals surface area contributed by atoms with Gasteiger partial charge in [0.15, 0.2) is 0 Å². The van der Waals surface area contributed by atoms with Gasteiger partial charge in [0.25, 0.3) is 0 Å². The van der Waals surface area contributed by atoms with Gasteiger partial charge in [-0.2, -0.15) is 5.10 Å². The second-order valence-electron chi connectivity index (χ2n) is 4.57. The summed E-state index contributed by atoms with van der Waals surface area (Å²) in [6, 6.07) is 10.2. The van der Waals surface area contributed by atoms with Gasteiger partial charge >= 0.3 is 0 Å². The molecule has 3 rings (SSSR count). The third kappa shape index (κ3) is 2.51. The zero-order valence-electron chi connectivity index (χ0n) is 11.2. The lowest BCUT2D eigenvalue weighted by Gasteiger charge is -2.05. The Morgan fingerprint density at radius 2 is 2.05 bits per heavy atom. The third-order valence-corrected chi connectivity index (χ3v) is 4.09. The van der Waals surface area contributed by atoms with Gasteiger partial charge in [0, 0.05) is 22.4 Å². The van der Waals surface area contributed by atoms with E-state index in [0.29, 0.717) is 11.5 Å². The Morgan fingerprint density at radius 3 is 2.71 bits per heavy atom. The number of aryl methyl sites for hydroxylation is 1. The standard InChI is InChI=1S/C15H12FIN4/c1-21-15(18)13(12-4-2-3-7-19-12)14(20-21)10-6-5-9(16)8-11(10)17/h2-8H,18H2,1H3. The summed E-state index contributed by atoms with van der Waals surface area (Å²) in [5.74, 6) is 0.260. The van der Waals surface area contributed by atoms with Crippen molar-refractivity contribution in [3.8, 4) is 22.5 Å². The van der Waals surface area contributed by atoms with Crippen molar-refractivity contribution in [1.82, 2.24) is 14.8 Å². The van der Waals surface area contributed by atoms with Crippen molar-refractivity contribution in [2.75, 3.05) is 5.73 Å². The molecule has 0 saturated carbocycles. The van der Waals surface area contributed by atoms with Gasteiger partial charge in [-0.1, -0.05) is 6.07 Å². The lowest BCUT2D eigenvalue weighted by Crippen LogP contribution is -1.98. The first-order valence-corrected chi connectivity index (χ1v) is 7.35. The van der Waals surface area contributed by atoms with Crippen LogP contribution in [0.4, 0.5) is 10.2 Å². The van der Waals surface area contributed by atoms with Crippen LogP contribution in [0.5, 0.6) is 0 Å². The molecule has 0 fully saturated rings. The summed E-state index contributed by atoms with van der Waals surface area (Å²) in [6.45, 7) is 0. The van der Waals surface area contributed by atoms with Crippen LogP contribution >= 0.6 is 22.6 Å². The number of anilines is 1. The molecular formula is C15H12FIN4. The first-order valence-electron chi connectivity index (χ1n) is 6.27. The van der Waals surface area contributed by atoms with E-state index >= 15 is 0 Å². The molecule has 2 N–H and O–H groups in total. The van der Waals surface area contributed by atoms with Gasteiger partial charge in [-0.05, 0) is 52.9 Å². The van der Waals surface area contributed by atoms with E-state index in [1.165, 1.54) is 12.1 Å². The quantitative estimate of drug-likeness (QED) is 0.678. The summed E-state index contributed by atoms with van der Waals surface area (Å²) in [5, 5.41) is 4.47. The number of hydrogen-bond donors (Lipinski definition) is 1. The minimum atomic E-state index is -0.272. The first-order chi connectivity index (χ1) is 10.1. The SMILES string of the molecule is Cn1nc(-c2ccc(F)cc2I)c(-c2ccccn2)c1N. The molecule has 4 nitrogen and oxygen atoms in total. The number of nitrogens with zero attached hydrogens (tertiary/aromatic N) is 3. The summed E-state index contributed by atoms with van der Waals surface area (Å²) in [5.41, 5.74) is 9.20. The Kier molecular flexibility index (Phi) is 3.62. The Bertz CT molecular complexity index is 799. The van der Waals surface area contributed by atoms with Crippen molar-refractivity contribution in [1.29, 1.82) is 0 Å². The molecular weight excluding hydrogens is 382 g/mol. The summed E-state index contributed by atoms with van der Waals surface area (Å²) in [4.78, 5) is 4.35. The van der Waals surface area contributed by atoms with Crippen LogP contribution in [0.1, 0.15) is 0 Å². The highest BCUT2D eigenvalue weighted by atomic mass is 127. The van der Waals surface area contributed by atoms with E-state index in [-0.39, 0.29) is 5.82 Å². The van der Waals surface area contributed by atoms with Gasteiger partial charge < -0.3 is 5.73 Å². The minimum absolute atomic E-state index is 0.272. The second kappa shape index (κ2) is 5.44. The zero-order chi connectivity index (χ0) is 15.0. The third-order valence-electron chi connectivity index (χ3n) is 3.20. The number of halogens is 2. The van der Waals surface area contributed by atoms with Crippen molar-refractivity contribution in [3.05, 3.63) is 52.0 Å².